The van der Waals surface area contributed by atoms with Crippen LogP contribution < -0.4 is 10.1 Å². The Hall–Kier alpha value is -2.58. The summed E-state index contributed by atoms with van der Waals surface area (Å²) in [6.07, 6.45) is 7.05. The summed E-state index contributed by atoms with van der Waals surface area (Å²) in [7, 11) is 4.00. The van der Waals surface area contributed by atoms with Crippen molar-refractivity contribution in [2.24, 2.45) is 7.05 Å². The van der Waals surface area contributed by atoms with Crippen LogP contribution in [0.4, 0.5) is 0 Å². The number of aryl methyl sites for hydroxylation is 1. The van der Waals surface area contributed by atoms with Crippen LogP contribution in [-0.4, -0.2) is 69.0 Å². The Morgan fingerprint density at radius 3 is 2.96 bits per heavy atom. The van der Waals surface area contributed by atoms with Crippen molar-refractivity contribution in [1.82, 2.24) is 34.9 Å². The zero-order chi connectivity index (χ0) is 17.2. The summed E-state index contributed by atoms with van der Waals surface area (Å²) in [5, 5.41) is 7.61. The van der Waals surface area contributed by atoms with Crippen molar-refractivity contribution in [3.63, 3.8) is 0 Å². The molecule has 0 bridgehead atoms. The highest BCUT2D eigenvalue weighted by molar-refractivity contribution is 5.83. The molecule has 4 heterocycles. The van der Waals surface area contributed by atoms with Gasteiger partial charge in [0.2, 0.25) is 5.88 Å². The molecule has 0 aromatic carbocycles. The van der Waals surface area contributed by atoms with Gasteiger partial charge in [-0.2, -0.15) is 5.10 Å². The third kappa shape index (κ3) is 3.31. The number of likely N-dealkylation sites (N-methyl/N-ethyl adjacent to an activating group) is 1. The molecular formula is C17H21N7O. The van der Waals surface area contributed by atoms with Gasteiger partial charge in [-0.15, -0.1) is 0 Å². The summed E-state index contributed by atoms with van der Waals surface area (Å²) in [6, 6.07) is 2.23. The number of aromatic nitrogens is 5. The van der Waals surface area contributed by atoms with Gasteiger partial charge in [0.25, 0.3) is 0 Å². The highest BCUT2D eigenvalue weighted by Crippen LogP contribution is 2.26. The summed E-state index contributed by atoms with van der Waals surface area (Å²) in [5.41, 5.74) is 3.16. The van der Waals surface area contributed by atoms with Crippen molar-refractivity contribution in [3.05, 3.63) is 30.9 Å². The fraction of sp³-hybridized carbons (Fsp3) is 0.412. The van der Waals surface area contributed by atoms with E-state index in [4.69, 9.17) is 4.74 Å². The average Bonchev–Trinajstić information content (AvgIpc) is 3.07. The van der Waals surface area contributed by atoms with Crippen LogP contribution in [0.25, 0.3) is 22.3 Å². The molecule has 3 aromatic rings. The van der Waals surface area contributed by atoms with Gasteiger partial charge < -0.3 is 10.1 Å². The first-order chi connectivity index (χ1) is 12.2. The van der Waals surface area contributed by atoms with Gasteiger partial charge in [0, 0.05) is 50.8 Å². The first-order valence-corrected chi connectivity index (χ1v) is 8.35. The maximum atomic E-state index is 6.08. The van der Waals surface area contributed by atoms with Gasteiger partial charge in [0.05, 0.1) is 23.4 Å². The maximum Gasteiger partial charge on any atom is 0.242 e. The molecule has 130 valence electrons. The Bertz CT molecular complexity index is 878. The van der Waals surface area contributed by atoms with Crippen LogP contribution in [0.5, 0.6) is 5.88 Å². The lowest BCUT2D eigenvalue weighted by atomic mass is 10.2. The smallest absolute Gasteiger partial charge is 0.242 e. The second kappa shape index (κ2) is 6.73. The molecule has 0 aliphatic carbocycles. The molecule has 3 aromatic heterocycles. The van der Waals surface area contributed by atoms with Gasteiger partial charge in [-0.25, -0.2) is 9.97 Å². The Morgan fingerprint density at radius 1 is 1.28 bits per heavy atom. The number of piperazine rings is 1. The van der Waals surface area contributed by atoms with E-state index in [9.17, 15) is 0 Å². The van der Waals surface area contributed by atoms with E-state index in [1.165, 1.54) is 0 Å². The van der Waals surface area contributed by atoms with Crippen LogP contribution in [-0.2, 0) is 7.05 Å². The fourth-order valence-electron chi connectivity index (χ4n) is 2.97. The lowest BCUT2D eigenvalue weighted by molar-refractivity contribution is 0.134. The van der Waals surface area contributed by atoms with Crippen LogP contribution in [0.3, 0.4) is 0 Å². The fourth-order valence-corrected chi connectivity index (χ4v) is 2.97. The molecule has 1 atom stereocenters. The number of hydrogen-bond acceptors (Lipinski definition) is 7. The predicted molar refractivity (Wildman–Crippen MR) is 94.3 cm³/mol. The van der Waals surface area contributed by atoms with E-state index in [0.717, 1.165) is 36.4 Å². The van der Waals surface area contributed by atoms with Gasteiger partial charge in [-0.3, -0.25) is 14.6 Å². The average molecular weight is 339 g/mol. The number of nitrogens with one attached hydrogen (secondary N) is 1. The lowest BCUT2D eigenvalue weighted by Crippen LogP contribution is -2.51. The molecular weight excluding hydrogens is 318 g/mol. The summed E-state index contributed by atoms with van der Waals surface area (Å²) in [4.78, 5) is 15.8. The van der Waals surface area contributed by atoms with Crippen LogP contribution >= 0.6 is 0 Å². The van der Waals surface area contributed by atoms with Crippen LogP contribution in [0, 0.1) is 0 Å². The van der Waals surface area contributed by atoms with Gasteiger partial charge in [0.15, 0.2) is 5.52 Å². The van der Waals surface area contributed by atoms with Crippen LogP contribution in [0.1, 0.15) is 0 Å². The topological polar surface area (TPSA) is 81.0 Å². The first kappa shape index (κ1) is 15.9. The minimum absolute atomic E-state index is 0.310. The quantitative estimate of drug-likeness (QED) is 0.749. The Labute approximate surface area is 145 Å². The summed E-state index contributed by atoms with van der Waals surface area (Å²) < 4.78 is 7.83. The normalized spacial score (nSPS) is 18.6. The number of pyridine rings is 1. The Kier molecular flexibility index (Phi) is 4.29. The SMILES string of the molecule is CN1CCNCC1COc1nc(-c2cnn(C)c2)cc2nccnc12. The summed E-state index contributed by atoms with van der Waals surface area (Å²) in [5.74, 6) is 0.517. The largest absolute Gasteiger partial charge is 0.474 e. The zero-order valence-corrected chi connectivity index (χ0v) is 14.4. The molecule has 0 spiro atoms. The Morgan fingerprint density at radius 2 is 2.16 bits per heavy atom. The molecule has 0 radical (unpaired) electrons. The molecule has 1 fully saturated rings. The molecule has 8 nitrogen and oxygen atoms in total. The molecule has 4 rings (SSSR count). The lowest BCUT2D eigenvalue weighted by Gasteiger charge is -2.32. The standard InChI is InChI=1S/C17H21N7O/c1-23-6-5-18-9-13(23)11-25-17-16-15(19-3-4-20-16)7-14(22-17)12-8-21-24(2)10-12/h3-4,7-8,10,13,18H,5-6,9,11H2,1-2H3. The molecule has 25 heavy (non-hydrogen) atoms. The van der Waals surface area contributed by atoms with Crippen molar-refractivity contribution < 1.29 is 4.74 Å². The predicted octanol–water partition coefficient (Wildman–Crippen LogP) is 0.708. The summed E-state index contributed by atoms with van der Waals surface area (Å²) in [6.45, 7) is 3.48. The van der Waals surface area contributed by atoms with Crippen molar-refractivity contribution in [1.29, 1.82) is 0 Å². The van der Waals surface area contributed by atoms with E-state index in [2.05, 4.69) is 37.3 Å². The van der Waals surface area contributed by atoms with E-state index in [1.54, 1.807) is 23.3 Å². The van der Waals surface area contributed by atoms with Crippen molar-refractivity contribution in [3.8, 4) is 17.1 Å². The minimum Gasteiger partial charge on any atom is -0.474 e. The van der Waals surface area contributed by atoms with E-state index in [1.807, 2.05) is 19.3 Å². The molecule has 1 saturated heterocycles. The van der Waals surface area contributed by atoms with Gasteiger partial charge in [0.1, 0.15) is 6.61 Å². The van der Waals surface area contributed by atoms with Gasteiger partial charge >= 0.3 is 0 Å². The molecule has 1 aliphatic heterocycles. The zero-order valence-electron chi connectivity index (χ0n) is 14.4. The van der Waals surface area contributed by atoms with E-state index < -0.39 is 0 Å². The number of rotatable bonds is 4. The van der Waals surface area contributed by atoms with Crippen LogP contribution in [0.15, 0.2) is 30.9 Å². The third-order valence-electron chi connectivity index (χ3n) is 4.48. The second-order valence-corrected chi connectivity index (χ2v) is 6.29. The number of fused-ring (bicyclic) bond motifs is 1. The molecule has 1 N–H and O–H groups in total. The molecule has 0 saturated carbocycles. The number of nitrogens with zero attached hydrogens (tertiary/aromatic N) is 6. The number of ether oxygens (including phenoxy) is 1. The van der Waals surface area contributed by atoms with Crippen molar-refractivity contribution in [2.75, 3.05) is 33.3 Å². The molecule has 1 unspecified atom stereocenters. The monoisotopic (exact) mass is 339 g/mol. The Balaban J connectivity index is 1.66. The second-order valence-electron chi connectivity index (χ2n) is 6.29. The van der Waals surface area contributed by atoms with Crippen molar-refractivity contribution >= 4 is 11.0 Å². The maximum absolute atomic E-state index is 6.08. The minimum atomic E-state index is 0.310. The molecule has 8 heteroatoms. The first-order valence-electron chi connectivity index (χ1n) is 8.35. The van der Waals surface area contributed by atoms with E-state index >= 15 is 0 Å². The van der Waals surface area contributed by atoms with Gasteiger partial charge in [-0.05, 0) is 13.1 Å². The number of hydrogen-bond donors (Lipinski definition) is 1. The van der Waals surface area contributed by atoms with E-state index in [0.29, 0.717) is 24.0 Å². The third-order valence-corrected chi connectivity index (χ3v) is 4.48. The van der Waals surface area contributed by atoms with Crippen molar-refractivity contribution in [2.45, 2.75) is 6.04 Å². The highest BCUT2D eigenvalue weighted by Gasteiger charge is 2.20. The molecule has 1 aliphatic rings. The van der Waals surface area contributed by atoms with E-state index in [-0.39, 0.29) is 0 Å². The van der Waals surface area contributed by atoms with Crippen LogP contribution in [0.2, 0.25) is 0 Å². The highest BCUT2D eigenvalue weighted by atomic mass is 16.5. The van der Waals surface area contributed by atoms with Gasteiger partial charge in [-0.1, -0.05) is 0 Å². The summed E-state index contributed by atoms with van der Waals surface area (Å²) >= 11 is 0. The molecule has 0 amide bonds.